The van der Waals surface area contributed by atoms with E-state index in [1.165, 1.54) is 0 Å². The topological polar surface area (TPSA) is 40.5 Å². The van der Waals surface area contributed by atoms with Crippen LogP contribution in [0.5, 0.6) is 0 Å². The Morgan fingerprint density at radius 1 is 1.17 bits per heavy atom. The Kier molecular flexibility index (Phi) is 5.34. The minimum Gasteiger partial charge on any atom is -0.392 e. The molecule has 0 heterocycles. The molecule has 0 radical (unpaired) electrons. The monoisotopic (exact) mass is 168 g/mol. The van der Waals surface area contributed by atoms with Crippen LogP contribution in [-0.2, 0) is 0 Å². The molecule has 0 rings (SSSR count). The SMILES string of the molecule is C=C(CO)/C(=C/C=C(C)C)CO. The van der Waals surface area contributed by atoms with Gasteiger partial charge in [0.1, 0.15) is 0 Å². The van der Waals surface area contributed by atoms with Crippen molar-refractivity contribution >= 4 is 0 Å². The Balaban J connectivity index is 4.44. The zero-order valence-corrected chi connectivity index (χ0v) is 7.67. The second-order valence-electron chi connectivity index (χ2n) is 2.86. The summed E-state index contributed by atoms with van der Waals surface area (Å²) in [6, 6.07) is 0. The molecule has 0 saturated heterocycles. The van der Waals surface area contributed by atoms with Gasteiger partial charge in [0, 0.05) is 0 Å². The quantitative estimate of drug-likeness (QED) is 0.623. The van der Waals surface area contributed by atoms with Crippen LogP contribution in [0.1, 0.15) is 13.8 Å². The Hall–Kier alpha value is -0.860. The number of hydrogen-bond donors (Lipinski definition) is 2. The fourth-order valence-electron chi connectivity index (χ4n) is 0.651. The molecule has 0 aliphatic carbocycles. The van der Waals surface area contributed by atoms with Crippen LogP contribution in [0.2, 0.25) is 0 Å². The van der Waals surface area contributed by atoms with Crippen molar-refractivity contribution in [3.05, 3.63) is 35.5 Å². The summed E-state index contributed by atoms with van der Waals surface area (Å²) in [4.78, 5) is 0. The number of aliphatic hydroxyl groups is 2. The summed E-state index contributed by atoms with van der Waals surface area (Å²) < 4.78 is 0. The maximum absolute atomic E-state index is 8.87. The molecule has 0 bridgehead atoms. The lowest BCUT2D eigenvalue weighted by Crippen LogP contribution is -1.97. The molecule has 0 amide bonds. The van der Waals surface area contributed by atoms with Gasteiger partial charge in [-0.1, -0.05) is 24.3 Å². The maximum Gasteiger partial charge on any atom is 0.0685 e. The Morgan fingerprint density at radius 3 is 2.08 bits per heavy atom. The first-order valence-corrected chi connectivity index (χ1v) is 3.85. The first-order valence-electron chi connectivity index (χ1n) is 3.85. The van der Waals surface area contributed by atoms with Crippen LogP contribution in [0.25, 0.3) is 0 Å². The molecular weight excluding hydrogens is 152 g/mol. The number of hydrogen-bond acceptors (Lipinski definition) is 2. The van der Waals surface area contributed by atoms with Crippen molar-refractivity contribution in [1.82, 2.24) is 0 Å². The second-order valence-corrected chi connectivity index (χ2v) is 2.86. The Morgan fingerprint density at radius 2 is 1.75 bits per heavy atom. The number of rotatable bonds is 4. The van der Waals surface area contributed by atoms with Gasteiger partial charge < -0.3 is 10.2 Å². The maximum atomic E-state index is 8.87. The third kappa shape index (κ3) is 4.11. The third-order valence-corrected chi connectivity index (χ3v) is 1.43. The van der Waals surface area contributed by atoms with Gasteiger partial charge in [-0.15, -0.1) is 0 Å². The lowest BCUT2D eigenvalue weighted by Gasteiger charge is -2.02. The normalized spacial score (nSPS) is 11.2. The van der Waals surface area contributed by atoms with E-state index in [0.29, 0.717) is 11.1 Å². The van der Waals surface area contributed by atoms with Gasteiger partial charge in [0.05, 0.1) is 13.2 Å². The summed E-state index contributed by atoms with van der Waals surface area (Å²) in [7, 11) is 0. The second kappa shape index (κ2) is 5.75. The minimum absolute atomic E-state index is 0.0802. The fourth-order valence-corrected chi connectivity index (χ4v) is 0.651. The molecule has 2 N–H and O–H groups in total. The summed E-state index contributed by atoms with van der Waals surface area (Å²) in [5.41, 5.74) is 2.39. The van der Waals surface area contributed by atoms with Gasteiger partial charge in [0.2, 0.25) is 0 Å². The summed E-state index contributed by atoms with van der Waals surface area (Å²) in [6.45, 7) is 7.36. The van der Waals surface area contributed by atoms with E-state index in [1.54, 1.807) is 6.08 Å². The first-order chi connectivity index (χ1) is 5.61. The predicted octanol–water partition coefficient (Wildman–Crippen LogP) is 1.42. The molecule has 12 heavy (non-hydrogen) atoms. The molecule has 0 saturated carbocycles. The molecule has 2 nitrogen and oxygen atoms in total. The summed E-state index contributed by atoms with van der Waals surface area (Å²) in [5.74, 6) is 0. The van der Waals surface area contributed by atoms with Crippen LogP contribution in [0.4, 0.5) is 0 Å². The predicted molar refractivity (Wildman–Crippen MR) is 50.8 cm³/mol. The van der Waals surface area contributed by atoms with Crippen LogP contribution >= 0.6 is 0 Å². The lowest BCUT2D eigenvalue weighted by molar-refractivity contribution is 0.311. The highest BCUT2D eigenvalue weighted by molar-refractivity contribution is 5.32. The van der Waals surface area contributed by atoms with Crippen molar-refractivity contribution < 1.29 is 10.2 Å². The summed E-state index contributed by atoms with van der Waals surface area (Å²) in [6.07, 6.45) is 3.65. The van der Waals surface area contributed by atoms with E-state index < -0.39 is 0 Å². The van der Waals surface area contributed by atoms with Gasteiger partial charge >= 0.3 is 0 Å². The zero-order valence-electron chi connectivity index (χ0n) is 7.67. The highest BCUT2D eigenvalue weighted by Crippen LogP contribution is 2.06. The first kappa shape index (κ1) is 11.1. The fraction of sp³-hybridized carbons (Fsp3) is 0.400. The molecule has 0 aromatic heterocycles. The molecule has 68 valence electrons. The van der Waals surface area contributed by atoms with Crippen molar-refractivity contribution in [3.63, 3.8) is 0 Å². The molecule has 0 atom stereocenters. The molecular formula is C10H16O2. The molecule has 0 aliphatic heterocycles. The average Bonchev–Trinajstić information content (AvgIpc) is 2.04. The highest BCUT2D eigenvalue weighted by Gasteiger charge is 1.97. The van der Waals surface area contributed by atoms with E-state index in [2.05, 4.69) is 6.58 Å². The van der Waals surface area contributed by atoms with Crippen molar-refractivity contribution in [1.29, 1.82) is 0 Å². The summed E-state index contributed by atoms with van der Waals surface area (Å²) in [5, 5.41) is 17.6. The van der Waals surface area contributed by atoms with Crippen molar-refractivity contribution in [2.75, 3.05) is 13.2 Å². The third-order valence-electron chi connectivity index (χ3n) is 1.43. The smallest absolute Gasteiger partial charge is 0.0685 e. The number of aliphatic hydroxyl groups excluding tert-OH is 2. The van der Waals surface area contributed by atoms with Crippen LogP contribution in [-0.4, -0.2) is 23.4 Å². The van der Waals surface area contributed by atoms with Gasteiger partial charge in [-0.05, 0) is 25.0 Å². The zero-order chi connectivity index (χ0) is 9.56. The van der Waals surface area contributed by atoms with E-state index in [1.807, 2.05) is 19.9 Å². The van der Waals surface area contributed by atoms with Crippen LogP contribution in [0.3, 0.4) is 0 Å². The molecule has 0 unspecified atom stereocenters. The van der Waals surface area contributed by atoms with Crippen LogP contribution in [0.15, 0.2) is 35.5 Å². The van der Waals surface area contributed by atoms with Gasteiger partial charge in [-0.3, -0.25) is 0 Å². The molecule has 0 fully saturated rings. The highest BCUT2D eigenvalue weighted by atomic mass is 16.3. The summed E-state index contributed by atoms with van der Waals surface area (Å²) >= 11 is 0. The van der Waals surface area contributed by atoms with E-state index >= 15 is 0 Å². The number of allylic oxidation sites excluding steroid dienone is 3. The average molecular weight is 168 g/mol. The van der Waals surface area contributed by atoms with Crippen molar-refractivity contribution in [2.45, 2.75) is 13.8 Å². The molecule has 2 heteroatoms. The molecule has 0 aromatic rings. The largest absolute Gasteiger partial charge is 0.392 e. The molecule has 0 spiro atoms. The van der Waals surface area contributed by atoms with E-state index in [-0.39, 0.29) is 13.2 Å². The van der Waals surface area contributed by atoms with Crippen LogP contribution < -0.4 is 0 Å². The molecule has 0 aromatic carbocycles. The van der Waals surface area contributed by atoms with Gasteiger partial charge in [0.25, 0.3) is 0 Å². The minimum atomic E-state index is -0.108. The lowest BCUT2D eigenvalue weighted by atomic mass is 10.1. The Bertz CT molecular complexity index is 208. The van der Waals surface area contributed by atoms with Crippen molar-refractivity contribution in [3.8, 4) is 0 Å². The van der Waals surface area contributed by atoms with Gasteiger partial charge in [0.15, 0.2) is 0 Å². The van der Waals surface area contributed by atoms with Crippen molar-refractivity contribution in [2.24, 2.45) is 0 Å². The van der Waals surface area contributed by atoms with Gasteiger partial charge in [-0.2, -0.15) is 0 Å². The van der Waals surface area contributed by atoms with Gasteiger partial charge in [-0.25, -0.2) is 0 Å². The van der Waals surface area contributed by atoms with Crippen LogP contribution in [0, 0.1) is 0 Å². The standard InChI is InChI=1S/C10H16O2/c1-8(2)4-5-10(7-12)9(3)6-11/h4-5,11-12H,3,6-7H2,1-2H3/b10-5+. The molecule has 0 aliphatic rings. The Labute approximate surface area is 73.5 Å². The van der Waals surface area contributed by atoms with E-state index in [4.69, 9.17) is 10.2 Å². The van der Waals surface area contributed by atoms with E-state index in [0.717, 1.165) is 5.57 Å². The van der Waals surface area contributed by atoms with E-state index in [9.17, 15) is 0 Å².